The molecule has 0 aromatic carbocycles. The van der Waals surface area contributed by atoms with Crippen molar-refractivity contribution >= 4 is 5.91 Å². The van der Waals surface area contributed by atoms with Crippen molar-refractivity contribution in [3.05, 3.63) is 0 Å². The SMILES string of the molecule is CC(C(=O)NCC(F)(F)F)N1CCC(C2(C)OCCO2)CC1. The van der Waals surface area contributed by atoms with Crippen LogP contribution in [-0.2, 0) is 14.3 Å². The first-order valence-electron chi connectivity index (χ1n) is 7.58. The molecule has 0 spiro atoms. The molecule has 2 saturated heterocycles. The summed E-state index contributed by atoms with van der Waals surface area (Å²) in [7, 11) is 0. The zero-order valence-electron chi connectivity index (χ0n) is 12.9. The Morgan fingerprint density at radius 1 is 1.32 bits per heavy atom. The van der Waals surface area contributed by atoms with Crippen LogP contribution < -0.4 is 5.32 Å². The number of carbonyl (C=O) groups is 1. The molecule has 0 aromatic rings. The largest absolute Gasteiger partial charge is 0.405 e. The Morgan fingerprint density at radius 2 is 1.86 bits per heavy atom. The molecule has 5 nitrogen and oxygen atoms in total. The molecule has 2 rings (SSSR count). The van der Waals surface area contributed by atoms with Crippen LogP contribution in [0.1, 0.15) is 26.7 Å². The number of hydrogen-bond acceptors (Lipinski definition) is 4. The normalized spacial score (nSPS) is 25.1. The number of piperidine rings is 1. The van der Waals surface area contributed by atoms with E-state index < -0.39 is 30.5 Å². The second kappa shape index (κ2) is 6.72. The first-order valence-corrected chi connectivity index (χ1v) is 7.58. The van der Waals surface area contributed by atoms with Gasteiger partial charge >= 0.3 is 6.18 Å². The standard InChI is InChI=1S/C14H23F3N2O3/c1-10(12(20)18-9-14(15,16)17)19-5-3-11(4-6-19)13(2)21-7-8-22-13/h10-11H,3-9H2,1-2H3,(H,18,20). The van der Waals surface area contributed by atoms with Gasteiger partial charge in [-0.25, -0.2) is 0 Å². The number of likely N-dealkylation sites (tertiary alicyclic amines) is 1. The number of hydrogen-bond donors (Lipinski definition) is 1. The molecule has 0 bridgehead atoms. The number of ether oxygens (including phenoxy) is 2. The molecule has 2 aliphatic rings. The van der Waals surface area contributed by atoms with Crippen LogP contribution in [0.3, 0.4) is 0 Å². The van der Waals surface area contributed by atoms with Gasteiger partial charge in [-0.1, -0.05) is 0 Å². The molecule has 2 heterocycles. The maximum atomic E-state index is 12.1. The highest BCUT2D eigenvalue weighted by molar-refractivity contribution is 5.81. The van der Waals surface area contributed by atoms with E-state index in [0.717, 1.165) is 12.8 Å². The van der Waals surface area contributed by atoms with Crippen molar-refractivity contribution in [1.29, 1.82) is 0 Å². The van der Waals surface area contributed by atoms with E-state index in [4.69, 9.17) is 9.47 Å². The monoisotopic (exact) mass is 324 g/mol. The van der Waals surface area contributed by atoms with Crippen molar-refractivity contribution in [1.82, 2.24) is 10.2 Å². The summed E-state index contributed by atoms with van der Waals surface area (Å²) in [5, 5.41) is 1.94. The predicted octanol–water partition coefficient (Wildman–Crippen LogP) is 1.53. The van der Waals surface area contributed by atoms with Gasteiger partial charge in [0.15, 0.2) is 5.79 Å². The summed E-state index contributed by atoms with van der Waals surface area (Å²) in [4.78, 5) is 13.7. The number of nitrogens with zero attached hydrogens (tertiary/aromatic N) is 1. The number of alkyl halides is 3. The highest BCUT2D eigenvalue weighted by atomic mass is 19.4. The molecule has 22 heavy (non-hydrogen) atoms. The van der Waals surface area contributed by atoms with Gasteiger partial charge in [-0.3, -0.25) is 9.69 Å². The van der Waals surface area contributed by atoms with Gasteiger partial charge in [-0.15, -0.1) is 0 Å². The van der Waals surface area contributed by atoms with Gasteiger partial charge in [0, 0.05) is 5.92 Å². The van der Waals surface area contributed by atoms with Crippen LogP contribution in [0.15, 0.2) is 0 Å². The van der Waals surface area contributed by atoms with Crippen molar-refractivity contribution in [3.63, 3.8) is 0 Å². The van der Waals surface area contributed by atoms with Gasteiger partial charge in [-0.05, 0) is 39.8 Å². The van der Waals surface area contributed by atoms with Crippen LogP contribution in [0.5, 0.6) is 0 Å². The first kappa shape index (κ1) is 17.5. The summed E-state index contributed by atoms with van der Waals surface area (Å²) >= 11 is 0. The lowest BCUT2D eigenvalue weighted by atomic mass is 9.88. The molecule has 2 fully saturated rings. The summed E-state index contributed by atoms with van der Waals surface area (Å²) < 4.78 is 47.7. The van der Waals surface area contributed by atoms with E-state index in [1.165, 1.54) is 0 Å². The molecule has 1 amide bonds. The van der Waals surface area contributed by atoms with Gasteiger partial charge in [0.25, 0.3) is 0 Å². The van der Waals surface area contributed by atoms with Crippen LogP contribution in [0.2, 0.25) is 0 Å². The lowest BCUT2D eigenvalue weighted by Crippen LogP contribution is -2.52. The molecule has 0 radical (unpaired) electrons. The Morgan fingerprint density at radius 3 is 2.36 bits per heavy atom. The molecule has 0 aromatic heterocycles. The fourth-order valence-electron chi connectivity index (χ4n) is 3.08. The Balaban J connectivity index is 1.79. The van der Waals surface area contributed by atoms with Gasteiger partial charge in [0.1, 0.15) is 6.54 Å². The highest BCUT2D eigenvalue weighted by Gasteiger charge is 2.42. The molecule has 128 valence electrons. The third-order valence-electron chi connectivity index (χ3n) is 4.52. The first-order chi connectivity index (χ1) is 10.2. The maximum absolute atomic E-state index is 12.1. The summed E-state index contributed by atoms with van der Waals surface area (Å²) in [6, 6.07) is -0.568. The average Bonchev–Trinajstić information content (AvgIpc) is 2.91. The average molecular weight is 324 g/mol. The van der Waals surface area contributed by atoms with Gasteiger partial charge in [0.2, 0.25) is 5.91 Å². The lowest BCUT2D eigenvalue weighted by Gasteiger charge is -2.40. The van der Waals surface area contributed by atoms with Gasteiger partial charge in [0.05, 0.1) is 19.3 Å². The molecule has 0 saturated carbocycles. The van der Waals surface area contributed by atoms with E-state index in [0.29, 0.717) is 26.3 Å². The Kier molecular flexibility index (Phi) is 5.34. The van der Waals surface area contributed by atoms with Crippen LogP contribution in [0.4, 0.5) is 13.2 Å². The maximum Gasteiger partial charge on any atom is 0.405 e. The number of carbonyl (C=O) groups excluding carboxylic acids is 1. The zero-order chi connectivity index (χ0) is 16.4. The van der Waals surface area contributed by atoms with E-state index in [1.807, 2.05) is 17.1 Å². The van der Waals surface area contributed by atoms with Crippen molar-refractivity contribution in [2.75, 3.05) is 32.8 Å². The molecule has 1 unspecified atom stereocenters. The Hall–Kier alpha value is -0.860. The topological polar surface area (TPSA) is 50.8 Å². The second-order valence-corrected chi connectivity index (χ2v) is 6.03. The number of halogens is 3. The quantitative estimate of drug-likeness (QED) is 0.852. The lowest BCUT2D eigenvalue weighted by molar-refractivity contribution is -0.191. The van der Waals surface area contributed by atoms with Gasteiger partial charge in [-0.2, -0.15) is 13.2 Å². The van der Waals surface area contributed by atoms with Crippen LogP contribution in [0, 0.1) is 5.92 Å². The molecule has 8 heteroatoms. The summed E-state index contributed by atoms with van der Waals surface area (Å²) in [6.07, 6.45) is -2.78. The third-order valence-corrected chi connectivity index (χ3v) is 4.52. The summed E-state index contributed by atoms with van der Waals surface area (Å²) in [5.74, 6) is -0.902. The van der Waals surface area contributed by atoms with E-state index in [-0.39, 0.29) is 5.92 Å². The van der Waals surface area contributed by atoms with Crippen LogP contribution in [-0.4, -0.2) is 61.7 Å². The molecular weight excluding hydrogens is 301 g/mol. The minimum atomic E-state index is -4.38. The van der Waals surface area contributed by atoms with E-state index >= 15 is 0 Å². The van der Waals surface area contributed by atoms with Crippen LogP contribution >= 0.6 is 0 Å². The van der Waals surface area contributed by atoms with E-state index in [2.05, 4.69) is 0 Å². The number of nitrogens with one attached hydrogen (secondary N) is 1. The minimum Gasteiger partial charge on any atom is -0.348 e. The minimum absolute atomic E-state index is 0.247. The molecule has 1 N–H and O–H groups in total. The highest BCUT2D eigenvalue weighted by Crippen LogP contribution is 2.35. The van der Waals surface area contributed by atoms with Crippen molar-refractivity contribution in [2.24, 2.45) is 5.92 Å². The Bertz CT molecular complexity index is 389. The second-order valence-electron chi connectivity index (χ2n) is 6.03. The predicted molar refractivity (Wildman–Crippen MR) is 73.1 cm³/mol. The summed E-state index contributed by atoms with van der Waals surface area (Å²) in [5.41, 5.74) is 0. The number of rotatable bonds is 4. The third kappa shape index (κ3) is 4.33. The zero-order valence-corrected chi connectivity index (χ0v) is 12.9. The Labute approximate surface area is 128 Å². The fourth-order valence-corrected chi connectivity index (χ4v) is 3.08. The van der Waals surface area contributed by atoms with Crippen molar-refractivity contribution < 1.29 is 27.4 Å². The molecular formula is C14H23F3N2O3. The van der Waals surface area contributed by atoms with Crippen molar-refractivity contribution in [3.8, 4) is 0 Å². The van der Waals surface area contributed by atoms with E-state index in [1.54, 1.807) is 6.92 Å². The molecule has 1 atom stereocenters. The van der Waals surface area contributed by atoms with E-state index in [9.17, 15) is 18.0 Å². The molecule has 2 aliphatic heterocycles. The van der Waals surface area contributed by atoms with Gasteiger partial charge < -0.3 is 14.8 Å². The van der Waals surface area contributed by atoms with Crippen molar-refractivity contribution in [2.45, 2.75) is 44.7 Å². The fraction of sp³-hybridized carbons (Fsp3) is 0.929. The smallest absolute Gasteiger partial charge is 0.348 e. The number of amides is 1. The molecule has 0 aliphatic carbocycles. The van der Waals surface area contributed by atoms with Crippen LogP contribution in [0.25, 0.3) is 0 Å². The summed E-state index contributed by atoms with van der Waals surface area (Å²) in [6.45, 7) is 4.75.